The average Bonchev–Trinajstić information content (AvgIpc) is 2.65. The quantitative estimate of drug-likeness (QED) is 0.801. The first-order valence-corrected chi connectivity index (χ1v) is 9.52. The van der Waals surface area contributed by atoms with E-state index >= 15 is 0 Å². The summed E-state index contributed by atoms with van der Waals surface area (Å²) in [5.74, 6) is -0.357. The Hall–Kier alpha value is -2.37. The van der Waals surface area contributed by atoms with Crippen LogP contribution in [-0.2, 0) is 22.6 Å². The van der Waals surface area contributed by atoms with Crippen LogP contribution in [0, 0.1) is 5.92 Å². The summed E-state index contributed by atoms with van der Waals surface area (Å²) in [5.41, 5.74) is 7.98. The summed E-state index contributed by atoms with van der Waals surface area (Å²) in [4.78, 5) is 25.9. The lowest BCUT2D eigenvalue weighted by molar-refractivity contribution is -0.121. The Morgan fingerprint density at radius 2 is 1.74 bits per heavy atom. The van der Waals surface area contributed by atoms with Gasteiger partial charge in [0.1, 0.15) is 0 Å². The minimum absolute atomic E-state index is 0.0312. The van der Waals surface area contributed by atoms with E-state index in [0.29, 0.717) is 0 Å². The van der Waals surface area contributed by atoms with Crippen molar-refractivity contribution in [1.82, 2.24) is 4.90 Å². The van der Waals surface area contributed by atoms with Gasteiger partial charge in [0, 0.05) is 23.8 Å². The number of primary amides is 1. The third-order valence-corrected chi connectivity index (χ3v) is 5.05. The predicted octanol–water partition coefficient (Wildman–Crippen LogP) is 3.22. The highest BCUT2D eigenvalue weighted by molar-refractivity contribution is 6.30. The maximum absolute atomic E-state index is 12.6. The molecule has 0 spiro atoms. The Balaban J connectivity index is 1.54. The van der Waals surface area contributed by atoms with E-state index < -0.39 is 0 Å². The molecule has 0 radical (unpaired) electrons. The lowest BCUT2D eigenvalue weighted by Gasteiger charge is -2.32. The molecule has 1 fully saturated rings. The van der Waals surface area contributed by atoms with E-state index in [1.54, 1.807) is 0 Å². The van der Waals surface area contributed by atoms with Gasteiger partial charge in [-0.25, -0.2) is 0 Å². The molecule has 0 unspecified atom stereocenters. The number of hydrogen-bond acceptors (Lipinski definition) is 3. The number of carbonyl (C=O) groups is 2. The molecular weight excluding hydrogens is 362 g/mol. The zero-order valence-corrected chi connectivity index (χ0v) is 15.9. The standard InChI is InChI=1S/C21H24ClN3O2/c22-18-7-3-16(4-8-18)13-25-11-1-2-17(14-25)21(27)24-19-9-5-15(6-10-19)12-20(23)26/h3-10,17H,1-2,11-14H2,(H2,23,26)(H,24,27)/t17-/m1/s1. The first kappa shape index (κ1) is 19.4. The van der Waals surface area contributed by atoms with Crippen LogP contribution in [0.5, 0.6) is 0 Å². The normalized spacial score (nSPS) is 17.4. The molecule has 1 aliphatic heterocycles. The first-order chi connectivity index (χ1) is 13.0. The molecule has 3 rings (SSSR count). The molecule has 2 amide bonds. The number of likely N-dealkylation sites (tertiary alicyclic amines) is 1. The van der Waals surface area contributed by atoms with Crippen molar-refractivity contribution in [2.75, 3.05) is 18.4 Å². The van der Waals surface area contributed by atoms with Gasteiger partial charge in [0.25, 0.3) is 0 Å². The number of anilines is 1. The number of rotatable bonds is 6. The lowest BCUT2D eigenvalue weighted by atomic mass is 9.96. The molecule has 2 aromatic carbocycles. The maximum atomic E-state index is 12.6. The highest BCUT2D eigenvalue weighted by Crippen LogP contribution is 2.21. The summed E-state index contributed by atoms with van der Waals surface area (Å²) < 4.78 is 0. The van der Waals surface area contributed by atoms with Crippen molar-refractivity contribution in [3.05, 3.63) is 64.7 Å². The van der Waals surface area contributed by atoms with Crippen LogP contribution >= 0.6 is 11.6 Å². The third kappa shape index (κ3) is 5.81. The predicted molar refractivity (Wildman–Crippen MR) is 107 cm³/mol. The fourth-order valence-electron chi connectivity index (χ4n) is 3.41. The summed E-state index contributed by atoms with van der Waals surface area (Å²) in [7, 11) is 0. The van der Waals surface area contributed by atoms with Crippen LogP contribution < -0.4 is 11.1 Å². The van der Waals surface area contributed by atoms with Crippen molar-refractivity contribution in [2.24, 2.45) is 11.7 Å². The molecular formula is C21H24ClN3O2. The van der Waals surface area contributed by atoms with E-state index in [1.807, 2.05) is 48.5 Å². The van der Waals surface area contributed by atoms with Gasteiger partial charge in [0.05, 0.1) is 12.3 Å². The monoisotopic (exact) mass is 385 g/mol. The number of piperidine rings is 1. The Kier molecular flexibility index (Phi) is 6.48. The summed E-state index contributed by atoms with van der Waals surface area (Å²) in [6, 6.07) is 15.1. The van der Waals surface area contributed by atoms with Crippen LogP contribution in [0.3, 0.4) is 0 Å². The zero-order chi connectivity index (χ0) is 19.2. The highest BCUT2D eigenvalue weighted by atomic mass is 35.5. The van der Waals surface area contributed by atoms with Gasteiger partial charge < -0.3 is 11.1 Å². The van der Waals surface area contributed by atoms with E-state index in [1.165, 1.54) is 5.56 Å². The molecule has 1 saturated heterocycles. The maximum Gasteiger partial charge on any atom is 0.228 e. The van der Waals surface area contributed by atoms with Gasteiger partial charge in [-0.1, -0.05) is 35.9 Å². The minimum atomic E-state index is -0.366. The number of nitrogens with one attached hydrogen (secondary N) is 1. The van der Waals surface area contributed by atoms with Crippen molar-refractivity contribution >= 4 is 29.1 Å². The third-order valence-electron chi connectivity index (χ3n) is 4.80. The van der Waals surface area contributed by atoms with Gasteiger partial charge >= 0.3 is 0 Å². The second kappa shape index (κ2) is 9.02. The number of carbonyl (C=O) groups excluding carboxylic acids is 2. The topological polar surface area (TPSA) is 75.4 Å². The molecule has 0 aromatic heterocycles. The molecule has 1 heterocycles. The summed E-state index contributed by atoms with van der Waals surface area (Å²) in [6.45, 7) is 2.56. The van der Waals surface area contributed by atoms with E-state index in [9.17, 15) is 9.59 Å². The van der Waals surface area contributed by atoms with Crippen LogP contribution in [0.15, 0.2) is 48.5 Å². The largest absolute Gasteiger partial charge is 0.369 e. The SMILES string of the molecule is NC(=O)Cc1ccc(NC(=O)[C@@H]2CCCN(Cc3ccc(Cl)cc3)C2)cc1. The molecule has 5 nitrogen and oxygen atoms in total. The van der Waals surface area contributed by atoms with Gasteiger partial charge in [-0.05, 0) is 54.8 Å². The fourth-order valence-corrected chi connectivity index (χ4v) is 3.54. The summed E-state index contributed by atoms with van der Waals surface area (Å²) in [6.07, 6.45) is 2.10. The van der Waals surface area contributed by atoms with Crippen molar-refractivity contribution < 1.29 is 9.59 Å². The van der Waals surface area contributed by atoms with Crippen molar-refractivity contribution in [2.45, 2.75) is 25.8 Å². The number of benzene rings is 2. The van der Waals surface area contributed by atoms with E-state index in [-0.39, 0.29) is 24.2 Å². The van der Waals surface area contributed by atoms with Crippen molar-refractivity contribution in [3.8, 4) is 0 Å². The Morgan fingerprint density at radius 1 is 1.07 bits per heavy atom. The molecule has 1 aliphatic rings. The minimum Gasteiger partial charge on any atom is -0.369 e. The Labute approximate surface area is 164 Å². The smallest absolute Gasteiger partial charge is 0.228 e. The van der Waals surface area contributed by atoms with Crippen LogP contribution in [0.4, 0.5) is 5.69 Å². The van der Waals surface area contributed by atoms with E-state index in [0.717, 1.165) is 48.7 Å². The Morgan fingerprint density at radius 3 is 2.41 bits per heavy atom. The summed E-state index contributed by atoms with van der Waals surface area (Å²) >= 11 is 5.94. The lowest BCUT2D eigenvalue weighted by Crippen LogP contribution is -2.40. The van der Waals surface area contributed by atoms with E-state index in [4.69, 9.17) is 17.3 Å². The van der Waals surface area contributed by atoms with Crippen molar-refractivity contribution in [1.29, 1.82) is 0 Å². The number of amides is 2. The number of halogens is 1. The average molecular weight is 386 g/mol. The molecule has 0 bridgehead atoms. The zero-order valence-electron chi connectivity index (χ0n) is 15.2. The highest BCUT2D eigenvalue weighted by Gasteiger charge is 2.25. The van der Waals surface area contributed by atoms with Gasteiger partial charge in [-0.15, -0.1) is 0 Å². The molecule has 6 heteroatoms. The van der Waals surface area contributed by atoms with Crippen LogP contribution in [0.1, 0.15) is 24.0 Å². The molecule has 0 aliphatic carbocycles. The molecule has 2 aromatic rings. The molecule has 27 heavy (non-hydrogen) atoms. The number of hydrogen-bond donors (Lipinski definition) is 2. The molecule has 1 atom stereocenters. The fraction of sp³-hybridized carbons (Fsp3) is 0.333. The molecule has 3 N–H and O–H groups in total. The van der Waals surface area contributed by atoms with E-state index in [2.05, 4.69) is 10.2 Å². The Bertz CT molecular complexity index is 790. The summed E-state index contributed by atoms with van der Waals surface area (Å²) in [5, 5.41) is 3.72. The molecule has 0 saturated carbocycles. The van der Waals surface area contributed by atoms with Crippen molar-refractivity contribution in [3.63, 3.8) is 0 Å². The van der Waals surface area contributed by atoms with Crippen LogP contribution in [-0.4, -0.2) is 29.8 Å². The second-order valence-electron chi connectivity index (χ2n) is 7.03. The number of nitrogens with zero attached hydrogens (tertiary/aromatic N) is 1. The van der Waals surface area contributed by atoms with Gasteiger partial charge in [0.15, 0.2) is 0 Å². The van der Waals surface area contributed by atoms with Gasteiger partial charge in [-0.3, -0.25) is 14.5 Å². The van der Waals surface area contributed by atoms with Crippen LogP contribution in [0.25, 0.3) is 0 Å². The van der Waals surface area contributed by atoms with Crippen LogP contribution in [0.2, 0.25) is 5.02 Å². The number of nitrogens with two attached hydrogens (primary N) is 1. The second-order valence-corrected chi connectivity index (χ2v) is 7.47. The molecule has 142 valence electrons. The van der Waals surface area contributed by atoms with Gasteiger partial charge in [-0.2, -0.15) is 0 Å². The first-order valence-electron chi connectivity index (χ1n) is 9.14. The van der Waals surface area contributed by atoms with Gasteiger partial charge in [0.2, 0.25) is 11.8 Å².